The largest absolute Gasteiger partial charge is 0.494 e. The maximum absolute atomic E-state index is 11.2. The Labute approximate surface area is 579 Å². The number of amidine groups is 2. The second-order valence-electron chi connectivity index (χ2n) is 24.6. The molecule has 2 fully saturated rings. The van der Waals surface area contributed by atoms with Crippen LogP contribution in [0.5, 0.6) is 17.2 Å². The topological polar surface area (TPSA) is 211 Å². The number of likely N-dealkylation sites (tertiary alicyclic amines) is 2. The molecule has 4 aromatic heterocycles. The second kappa shape index (κ2) is 35.1. The zero-order valence-electron chi connectivity index (χ0n) is 57.7. The maximum atomic E-state index is 11.2. The number of imidazole rings is 3. The van der Waals surface area contributed by atoms with Gasteiger partial charge in [0, 0.05) is 69.7 Å². The van der Waals surface area contributed by atoms with Crippen molar-refractivity contribution >= 4 is 84.3 Å². The summed E-state index contributed by atoms with van der Waals surface area (Å²) in [5.74, 6) is 7.19. The van der Waals surface area contributed by atoms with Gasteiger partial charge in [0.2, 0.25) is 0 Å². The number of aromatic nitrogens is 6. The lowest BCUT2D eigenvalue weighted by molar-refractivity contribution is -0.384. The number of hydrogen-bond donors (Lipinski definition) is 2. The van der Waals surface area contributed by atoms with Gasteiger partial charge in [0.05, 0.1) is 74.1 Å². The van der Waals surface area contributed by atoms with Gasteiger partial charge in [-0.3, -0.25) is 10.1 Å². The van der Waals surface area contributed by atoms with Crippen LogP contribution in [0, 0.1) is 10.1 Å². The number of nitro groups is 1. The van der Waals surface area contributed by atoms with Crippen LogP contribution in [-0.2, 0) is 38.9 Å². The molecule has 6 heterocycles. The van der Waals surface area contributed by atoms with Crippen LogP contribution in [0.2, 0.25) is 0 Å². The number of thioether (sulfide) groups is 1. The first kappa shape index (κ1) is 71.2. The fraction of sp³-hybridized carbons (Fsp3) is 0.408. The Hall–Kier alpha value is -8.60. The molecule has 97 heavy (non-hydrogen) atoms. The van der Waals surface area contributed by atoms with Crippen molar-refractivity contribution in [1.82, 2.24) is 43.4 Å². The minimum atomic E-state index is -0.363. The first-order valence-corrected chi connectivity index (χ1v) is 36.3. The van der Waals surface area contributed by atoms with Crippen molar-refractivity contribution in [3.8, 4) is 17.2 Å². The van der Waals surface area contributed by atoms with Gasteiger partial charge in [-0.2, -0.15) is 0 Å². The minimum absolute atomic E-state index is 0.0790. The molecule has 6 aromatic carbocycles. The summed E-state index contributed by atoms with van der Waals surface area (Å²) in [5, 5.41) is 13.8. The molecule has 10 aromatic rings. The lowest BCUT2D eigenvalue weighted by atomic mass is 10.1. The lowest BCUT2D eigenvalue weighted by Gasteiger charge is -2.20. The molecule has 0 saturated carbocycles. The highest BCUT2D eigenvalue weighted by atomic mass is 32.2. The van der Waals surface area contributed by atoms with Crippen LogP contribution >= 0.6 is 23.1 Å². The van der Waals surface area contributed by atoms with Crippen LogP contribution in [0.15, 0.2) is 155 Å². The molecule has 19 nitrogen and oxygen atoms in total. The van der Waals surface area contributed by atoms with E-state index in [0.29, 0.717) is 54.8 Å². The average molecular weight is 1350 g/mol. The molecule has 2 unspecified atom stereocenters. The number of thiophene rings is 1. The molecule has 2 saturated heterocycles. The number of ether oxygens (including phenoxy) is 3. The summed E-state index contributed by atoms with van der Waals surface area (Å²) in [6.07, 6.45) is 9.44. The molecule has 0 amide bonds. The minimum Gasteiger partial charge on any atom is -0.494 e. The highest BCUT2D eigenvalue weighted by Gasteiger charge is 2.25. The number of nitrogens with two attached hydrogens (primary N) is 2. The molecule has 2 aliphatic rings. The number of aryl methyl sites for hydroxylation is 2. The molecule has 0 bridgehead atoms. The summed E-state index contributed by atoms with van der Waals surface area (Å²) in [4.78, 5) is 43.2. The summed E-state index contributed by atoms with van der Waals surface area (Å²) < 4.78 is 23.7. The molecule has 12 rings (SSSR count). The van der Waals surface area contributed by atoms with E-state index in [1.165, 1.54) is 43.4 Å². The van der Waals surface area contributed by atoms with Crippen molar-refractivity contribution in [2.24, 2.45) is 21.5 Å². The third-order valence-corrected chi connectivity index (χ3v) is 19.8. The predicted molar refractivity (Wildman–Crippen MR) is 400 cm³/mol. The third-order valence-electron chi connectivity index (χ3n) is 18.2. The van der Waals surface area contributed by atoms with Gasteiger partial charge in [-0.05, 0) is 212 Å². The van der Waals surface area contributed by atoms with Crippen molar-refractivity contribution in [2.45, 2.75) is 131 Å². The smallest absolute Gasteiger partial charge is 0.271 e. The Balaban J connectivity index is 0.000000158. The number of nitro benzene ring substituents is 1. The summed E-state index contributed by atoms with van der Waals surface area (Å²) in [6.45, 7) is 22.6. The Kier molecular flexibility index (Phi) is 25.7. The molecule has 0 spiro atoms. The van der Waals surface area contributed by atoms with Gasteiger partial charge in [0.1, 0.15) is 40.6 Å². The first-order valence-electron chi connectivity index (χ1n) is 34.5. The van der Waals surface area contributed by atoms with Crippen molar-refractivity contribution < 1.29 is 19.1 Å². The lowest BCUT2D eigenvalue weighted by Crippen LogP contribution is -2.27. The van der Waals surface area contributed by atoms with E-state index in [0.717, 1.165) is 161 Å². The van der Waals surface area contributed by atoms with E-state index in [-0.39, 0.29) is 10.6 Å². The zero-order valence-corrected chi connectivity index (χ0v) is 59.4. The van der Waals surface area contributed by atoms with Crippen LogP contribution in [0.1, 0.15) is 119 Å². The van der Waals surface area contributed by atoms with Crippen molar-refractivity contribution in [2.75, 3.05) is 72.4 Å². The molecule has 2 aliphatic heterocycles. The second-order valence-corrected chi connectivity index (χ2v) is 26.8. The van der Waals surface area contributed by atoms with E-state index in [1.807, 2.05) is 98.9 Å². The van der Waals surface area contributed by atoms with Crippen LogP contribution in [-0.4, -0.2) is 144 Å². The van der Waals surface area contributed by atoms with E-state index < -0.39 is 0 Å². The molecule has 0 radical (unpaired) electrons. The number of non-ortho nitro benzene ring substituents is 1. The third kappa shape index (κ3) is 19.2. The number of nitrogens with zero attached hydrogens (tertiary/aromatic N) is 12. The van der Waals surface area contributed by atoms with Gasteiger partial charge >= 0.3 is 0 Å². The van der Waals surface area contributed by atoms with Gasteiger partial charge in [-0.15, -0.1) is 11.3 Å². The first-order chi connectivity index (χ1) is 47.2. The van der Waals surface area contributed by atoms with Crippen LogP contribution in [0.3, 0.4) is 0 Å². The summed E-state index contributed by atoms with van der Waals surface area (Å²) in [6, 6.07) is 47.3. The quantitative estimate of drug-likeness (QED) is 0.0202. The van der Waals surface area contributed by atoms with Crippen LogP contribution in [0.4, 0.5) is 17.1 Å². The zero-order chi connectivity index (χ0) is 68.2. The van der Waals surface area contributed by atoms with Crippen LogP contribution in [0.25, 0.3) is 33.1 Å². The fourth-order valence-electron chi connectivity index (χ4n) is 13.0. The standard InChI is InChI=1S/C28H33N5OS.C25H35N5OS.C23H28N4O3/c1-3-34-23-11-8-20(9-12-23)18-27-31-24-19-21(30-28(29)26-7-5-17-35-26)10-13-25(24)33(27)16-14-22-6-4-15-32(22)2;1-5-29(6-2)15-16-30-23-14-11-20(27-25(26)32-8-4)18-22(23)28-24(30)17-19-9-12-21(13-10-19)31-7-3;1-3-30-20-9-6-17(7-10-20)15-23-24-21-16-19(27(28)29)8-11-22(21)26(23)14-12-18-5-4-13-25(18)2/h5,7-13,17,19,22H,3-4,6,14-16,18H2,1-2H3,(H2,29,30);9-14,18H,5-8,15-17H2,1-4H3,(H2,26,27);6-11,16,18H,3-5,12-15H2,1-2H3. The van der Waals surface area contributed by atoms with E-state index >= 15 is 0 Å². The number of aliphatic imine (C=N–C) groups is 2. The predicted octanol–water partition coefficient (Wildman–Crippen LogP) is 15.1. The van der Waals surface area contributed by atoms with E-state index in [1.54, 1.807) is 35.2 Å². The van der Waals surface area contributed by atoms with Crippen molar-refractivity contribution in [1.29, 1.82) is 0 Å². The maximum Gasteiger partial charge on any atom is 0.271 e. The Morgan fingerprint density at radius 2 is 1.02 bits per heavy atom. The molecule has 2 atom stereocenters. The number of benzene rings is 6. The average Bonchev–Trinajstić information content (AvgIpc) is 1.67. The monoisotopic (exact) mass is 1350 g/mol. The highest BCUT2D eigenvalue weighted by Crippen LogP contribution is 2.31. The van der Waals surface area contributed by atoms with E-state index in [4.69, 9.17) is 40.6 Å². The van der Waals surface area contributed by atoms with Gasteiger partial charge in [-0.25, -0.2) is 24.9 Å². The number of likely N-dealkylation sites (N-methyl/N-ethyl adjacent to an activating group) is 1. The summed E-state index contributed by atoms with van der Waals surface area (Å²) in [5.41, 5.74) is 23.4. The fourth-order valence-corrected chi connectivity index (χ4v) is 14.1. The van der Waals surface area contributed by atoms with Gasteiger partial charge in [-0.1, -0.05) is 75.0 Å². The Morgan fingerprint density at radius 3 is 1.41 bits per heavy atom. The SMILES string of the molecule is CCOc1ccc(Cc2nc3cc(N=C(N)SCC)ccc3n2CCN(CC)CC)cc1.CCOc1ccc(Cc2nc3cc(N=C(N)c4cccs4)ccc3n2CCC2CCCN2C)cc1.CCOc1ccc(Cc2nc3cc([N+](=O)[O-])ccc3n2CCC2CCCN2C)cc1. The molecular weight excluding hydrogens is 1250 g/mol. The van der Waals surface area contributed by atoms with Gasteiger partial charge < -0.3 is 54.1 Å². The van der Waals surface area contributed by atoms with Gasteiger partial charge in [0.25, 0.3) is 5.69 Å². The number of hydrogen-bond acceptors (Lipinski definition) is 15. The molecule has 4 N–H and O–H groups in total. The van der Waals surface area contributed by atoms with Gasteiger partial charge in [0.15, 0.2) is 5.17 Å². The highest BCUT2D eigenvalue weighted by molar-refractivity contribution is 8.13. The molecular formula is C76H96N14O5S2. The molecule has 512 valence electrons. The normalized spacial score (nSPS) is 15.3. The molecule has 21 heteroatoms. The van der Waals surface area contributed by atoms with E-state index in [9.17, 15) is 10.1 Å². The Bertz CT molecular complexity index is 4200. The van der Waals surface area contributed by atoms with Crippen molar-refractivity contribution in [3.63, 3.8) is 0 Å². The molecule has 0 aliphatic carbocycles. The van der Waals surface area contributed by atoms with E-state index in [2.05, 4.69) is 128 Å². The van der Waals surface area contributed by atoms with Crippen LogP contribution < -0.4 is 25.7 Å². The summed E-state index contributed by atoms with van der Waals surface area (Å²) >= 11 is 3.14. The number of fused-ring (bicyclic) bond motifs is 3. The number of rotatable bonds is 28. The Morgan fingerprint density at radius 1 is 0.588 bits per heavy atom. The van der Waals surface area contributed by atoms with Crippen molar-refractivity contribution in [3.05, 3.63) is 194 Å². The summed E-state index contributed by atoms with van der Waals surface area (Å²) in [7, 11) is 4.43.